The number of thiophene rings is 1. The van der Waals surface area contributed by atoms with Gasteiger partial charge in [-0.1, -0.05) is 30.3 Å². The Labute approximate surface area is 196 Å². The van der Waals surface area contributed by atoms with E-state index in [2.05, 4.69) is 10.3 Å². The number of hydrogen-bond acceptors (Lipinski definition) is 6. The highest BCUT2D eigenvalue weighted by Crippen LogP contribution is 2.42. The molecule has 1 fully saturated rings. The van der Waals surface area contributed by atoms with E-state index in [0.717, 1.165) is 0 Å². The first-order chi connectivity index (χ1) is 16.2. The van der Waals surface area contributed by atoms with Crippen molar-refractivity contribution in [2.75, 3.05) is 20.1 Å². The molecular formula is C23H20F3N3O4S. The van der Waals surface area contributed by atoms with E-state index in [-0.39, 0.29) is 16.3 Å². The summed E-state index contributed by atoms with van der Waals surface area (Å²) in [5, 5.41) is 11.5. The lowest BCUT2D eigenvalue weighted by molar-refractivity contribution is -0.148. The molecule has 0 bridgehead atoms. The highest BCUT2D eigenvalue weighted by atomic mass is 32.1. The molecule has 2 aromatic heterocycles. The van der Waals surface area contributed by atoms with E-state index in [1.165, 1.54) is 19.4 Å². The molecule has 1 aliphatic rings. The van der Waals surface area contributed by atoms with Gasteiger partial charge in [0.05, 0.1) is 22.9 Å². The maximum atomic E-state index is 13.6. The zero-order chi connectivity index (χ0) is 24.5. The largest absolute Gasteiger partial charge is 0.481 e. The topological polar surface area (TPSA) is 95.1 Å². The average Bonchev–Trinajstić information content (AvgIpc) is 3.42. The van der Waals surface area contributed by atoms with Gasteiger partial charge in [0.15, 0.2) is 0 Å². The van der Waals surface area contributed by atoms with Crippen molar-refractivity contribution in [2.24, 2.45) is 10.9 Å². The third kappa shape index (κ3) is 5.05. The van der Waals surface area contributed by atoms with Crippen LogP contribution in [0.2, 0.25) is 0 Å². The van der Waals surface area contributed by atoms with Crippen LogP contribution in [0.25, 0.3) is 11.1 Å². The molecule has 1 aromatic carbocycles. The fourth-order valence-electron chi connectivity index (χ4n) is 3.64. The summed E-state index contributed by atoms with van der Waals surface area (Å²) in [7, 11) is 1.44. The van der Waals surface area contributed by atoms with Crippen molar-refractivity contribution in [3.05, 3.63) is 69.8 Å². The van der Waals surface area contributed by atoms with E-state index in [4.69, 9.17) is 9.52 Å². The van der Waals surface area contributed by atoms with Crippen LogP contribution in [0.15, 0.2) is 58.1 Å². The number of furan rings is 1. The summed E-state index contributed by atoms with van der Waals surface area (Å²) in [6, 6.07) is 11.0. The number of amidine groups is 1. The lowest BCUT2D eigenvalue weighted by atomic mass is 10.0. The summed E-state index contributed by atoms with van der Waals surface area (Å²) in [5.74, 6) is -1.24. The molecule has 1 saturated heterocycles. The Morgan fingerprint density at radius 1 is 1.24 bits per heavy atom. The van der Waals surface area contributed by atoms with Crippen LogP contribution in [0.4, 0.5) is 13.2 Å². The molecule has 7 nitrogen and oxygen atoms in total. The van der Waals surface area contributed by atoms with Crippen molar-refractivity contribution in [3.63, 3.8) is 0 Å². The van der Waals surface area contributed by atoms with E-state index in [1.54, 1.807) is 36.4 Å². The molecule has 11 heteroatoms. The number of carboxylic acid groups (broad SMARTS) is 1. The summed E-state index contributed by atoms with van der Waals surface area (Å²) in [4.78, 5) is 28.7. The summed E-state index contributed by atoms with van der Waals surface area (Å²) >= 11 is 0.374. The number of aliphatic imine (C=N–C) groups is 1. The van der Waals surface area contributed by atoms with Gasteiger partial charge in [0.25, 0.3) is 5.91 Å². The van der Waals surface area contributed by atoms with E-state index < -0.39 is 28.8 Å². The number of aliphatic carboxylic acids is 1. The van der Waals surface area contributed by atoms with Crippen LogP contribution >= 0.6 is 11.3 Å². The van der Waals surface area contributed by atoms with Crippen molar-refractivity contribution in [3.8, 4) is 11.1 Å². The molecule has 0 atom stereocenters. The van der Waals surface area contributed by atoms with Gasteiger partial charge in [0.1, 0.15) is 22.7 Å². The number of carbonyl (C=O) groups is 2. The molecule has 0 aliphatic carbocycles. The number of likely N-dealkylation sites (tertiary alicyclic amines) is 1. The van der Waals surface area contributed by atoms with E-state index in [0.29, 0.717) is 47.9 Å². The number of nitrogens with zero attached hydrogens (tertiary/aromatic N) is 2. The quantitative estimate of drug-likeness (QED) is 0.395. The molecular weight excluding hydrogens is 471 g/mol. The molecule has 34 heavy (non-hydrogen) atoms. The Hall–Kier alpha value is -3.44. The SMILES string of the molecule is CN=C(NC(=O)c1cc(-c2ccccc2)c(C(F)(F)F)s1)c1coc(CN2CC(C(=O)O)C2)c1. The van der Waals surface area contributed by atoms with Crippen molar-refractivity contribution in [1.82, 2.24) is 10.2 Å². The summed E-state index contributed by atoms with van der Waals surface area (Å²) in [5.41, 5.74) is 0.764. The van der Waals surface area contributed by atoms with Crippen molar-refractivity contribution in [1.29, 1.82) is 0 Å². The zero-order valence-electron chi connectivity index (χ0n) is 17.9. The second-order valence-corrected chi connectivity index (χ2v) is 8.83. The van der Waals surface area contributed by atoms with Crippen molar-refractivity contribution in [2.45, 2.75) is 12.7 Å². The highest BCUT2D eigenvalue weighted by molar-refractivity contribution is 7.14. The fourth-order valence-corrected chi connectivity index (χ4v) is 4.58. The molecule has 178 valence electrons. The predicted molar refractivity (Wildman–Crippen MR) is 120 cm³/mol. The van der Waals surface area contributed by atoms with Gasteiger partial charge in [-0.05, 0) is 17.7 Å². The second-order valence-electron chi connectivity index (χ2n) is 7.77. The van der Waals surface area contributed by atoms with Gasteiger partial charge in [0, 0.05) is 25.7 Å². The number of carbonyl (C=O) groups excluding carboxylic acids is 1. The minimum Gasteiger partial charge on any atom is -0.481 e. The van der Waals surface area contributed by atoms with Crippen LogP contribution in [0.5, 0.6) is 0 Å². The lowest BCUT2D eigenvalue weighted by Gasteiger charge is -2.35. The van der Waals surface area contributed by atoms with Crippen LogP contribution in [0.3, 0.4) is 0 Å². The third-order valence-corrected chi connectivity index (χ3v) is 6.55. The molecule has 1 aliphatic heterocycles. The molecule has 3 aromatic rings. The third-order valence-electron chi connectivity index (χ3n) is 5.37. The number of carboxylic acids is 1. The van der Waals surface area contributed by atoms with E-state index >= 15 is 0 Å². The average molecular weight is 491 g/mol. The van der Waals surface area contributed by atoms with Gasteiger partial charge in [-0.3, -0.25) is 19.5 Å². The Bertz CT molecular complexity index is 1230. The first-order valence-electron chi connectivity index (χ1n) is 10.2. The smallest absolute Gasteiger partial charge is 0.426 e. The Balaban J connectivity index is 1.48. The van der Waals surface area contributed by atoms with Crippen LogP contribution in [-0.4, -0.2) is 47.9 Å². The van der Waals surface area contributed by atoms with Crippen LogP contribution in [0, 0.1) is 5.92 Å². The predicted octanol–water partition coefficient (Wildman–Crippen LogP) is 4.35. The molecule has 0 saturated carbocycles. The lowest BCUT2D eigenvalue weighted by Crippen LogP contribution is -2.49. The number of benzene rings is 1. The first kappa shape index (κ1) is 23.7. The van der Waals surface area contributed by atoms with E-state index in [9.17, 15) is 22.8 Å². The number of alkyl halides is 3. The van der Waals surface area contributed by atoms with Crippen LogP contribution in [-0.2, 0) is 17.5 Å². The molecule has 0 unspecified atom stereocenters. The maximum Gasteiger partial charge on any atom is 0.426 e. The van der Waals surface area contributed by atoms with Gasteiger partial charge in [0.2, 0.25) is 0 Å². The minimum absolute atomic E-state index is 0.0574. The summed E-state index contributed by atoms with van der Waals surface area (Å²) in [6.45, 7) is 1.23. The summed E-state index contributed by atoms with van der Waals surface area (Å²) < 4.78 is 46.4. The number of amides is 1. The molecule has 0 spiro atoms. The van der Waals surface area contributed by atoms with Gasteiger partial charge in [-0.15, -0.1) is 11.3 Å². The number of nitrogens with one attached hydrogen (secondary N) is 1. The number of hydrogen-bond donors (Lipinski definition) is 2. The van der Waals surface area contributed by atoms with Crippen LogP contribution in [0.1, 0.15) is 25.9 Å². The van der Waals surface area contributed by atoms with Crippen molar-refractivity contribution >= 4 is 29.0 Å². The van der Waals surface area contributed by atoms with Gasteiger partial charge >= 0.3 is 12.1 Å². The minimum atomic E-state index is -4.61. The molecule has 2 N–H and O–H groups in total. The Kier molecular flexibility index (Phi) is 6.58. The molecule has 0 radical (unpaired) electrons. The monoisotopic (exact) mass is 491 g/mol. The Morgan fingerprint density at radius 3 is 2.56 bits per heavy atom. The molecule has 1 amide bonds. The second kappa shape index (κ2) is 9.43. The maximum absolute atomic E-state index is 13.6. The zero-order valence-corrected chi connectivity index (χ0v) is 18.7. The van der Waals surface area contributed by atoms with E-state index in [1.807, 2.05) is 4.90 Å². The van der Waals surface area contributed by atoms with Gasteiger partial charge in [-0.2, -0.15) is 13.2 Å². The number of rotatable bonds is 6. The highest BCUT2D eigenvalue weighted by Gasteiger charge is 2.37. The van der Waals surface area contributed by atoms with Crippen molar-refractivity contribution < 1.29 is 32.3 Å². The summed E-state index contributed by atoms with van der Waals surface area (Å²) in [6.07, 6.45) is -3.22. The van der Waals surface area contributed by atoms with Gasteiger partial charge in [-0.25, -0.2) is 0 Å². The normalized spacial score (nSPS) is 15.2. The molecule has 3 heterocycles. The first-order valence-corrected chi connectivity index (χ1v) is 11.0. The fraction of sp³-hybridized carbons (Fsp3) is 0.261. The van der Waals surface area contributed by atoms with Gasteiger partial charge < -0.3 is 14.8 Å². The van der Waals surface area contributed by atoms with Crippen LogP contribution < -0.4 is 5.32 Å². The molecule has 4 rings (SSSR count). The number of halogens is 3. The Morgan fingerprint density at radius 2 is 1.94 bits per heavy atom. The standard InChI is InChI=1S/C23H20F3N3O4S/c1-27-20(14-7-16(33-12-14)11-29-9-15(10-29)22(31)32)28-21(30)18-8-17(13-5-3-2-4-6-13)19(34-18)23(24,25)26/h2-8,12,15H,9-11H2,1H3,(H,31,32)(H,27,28,30).